The van der Waals surface area contributed by atoms with Gasteiger partial charge in [-0.2, -0.15) is 0 Å². The SMILES string of the molecule is Cc1ccc(C#CC2CC2)cc1NC(=O)c1cn(CC2OCC3(CC3)CO2)nn1. The molecule has 7 heteroatoms. The number of hydrogen-bond acceptors (Lipinski definition) is 5. The molecular formula is C22H24N4O3. The molecule has 1 aromatic carbocycles. The Labute approximate surface area is 169 Å². The molecule has 0 bridgehead atoms. The molecule has 7 nitrogen and oxygen atoms in total. The van der Waals surface area contributed by atoms with E-state index in [9.17, 15) is 4.79 Å². The average molecular weight is 392 g/mol. The van der Waals surface area contributed by atoms with Crippen molar-refractivity contribution in [3.8, 4) is 11.8 Å². The monoisotopic (exact) mass is 392 g/mol. The molecule has 29 heavy (non-hydrogen) atoms. The smallest absolute Gasteiger partial charge is 0.277 e. The summed E-state index contributed by atoms with van der Waals surface area (Å²) in [5, 5.41) is 11.0. The van der Waals surface area contributed by atoms with Crippen LogP contribution in [-0.2, 0) is 16.0 Å². The zero-order chi connectivity index (χ0) is 19.8. The van der Waals surface area contributed by atoms with Crippen molar-refractivity contribution in [2.24, 2.45) is 11.3 Å². The van der Waals surface area contributed by atoms with Crippen molar-refractivity contribution in [2.75, 3.05) is 18.5 Å². The number of benzene rings is 1. The highest BCUT2D eigenvalue weighted by molar-refractivity contribution is 6.03. The van der Waals surface area contributed by atoms with Crippen molar-refractivity contribution in [2.45, 2.75) is 45.4 Å². The lowest BCUT2D eigenvalue weighted by Crippen LogP contribution is -2.36. The van der Waals surface area contributed by atoms with Gasteiger partial charge in [-0.3, -0.25) is 4.79 Å². The van der Waals surface area contributed by atoms with Crippen molar-refractivity contribution in [3.05, 3.63) is 41.2 Å². The Morgan fingerprint density at radius 1 is 1.31 bits per heavy atom. The number of aryl methyl sites for hydroxylation is 1. The maximum absolute atomic E-state index is 12.6. The molecule has 2 aromatic rings. The first-order chi connectivity index (χ1) is 14.1. The van der Waals surface area contributed by atoms with Gasteiger partial charge < -0.3 is 14.8 Å². The molecule has 1 aliphatic heterocycles. The topological polar surface area (TPSA) is 78.3 Å². The molecule has 1 N–H and O–H groups in total. The van der Waals surface area contributed by atoms with E-state index in [0.29, 0.717) is 12.5 Å². The largest absolute Gasteiger partial charge is 0.350 e. The number of rotatable bonds is 4. The number of nitrogens with zero attached hydrogens (tertiary/aromatic N) is 3. The maximum Gasteiger partial charge on any atom is 0.277 e. The Balaban J connectivity index is 1.21. The van der Waals surface area contributed by atoms with E-state index in [0.717, 1.165) is 30.0 Å². The first-order valence-corrected chi connectivity index (χ1v) is 10.2. The first kappa shape index (κ1) is 18.3. The molecule has 0 atom stereocenters. The lowest BCUT2D eigenvalue weighted by Gasteiger charge is -2.29. The zero-order valence-corrected chi connectivity index (χ0v) is 16.5. The second-order valence-corrected chi connectivity index (χ2v) is 8.40. The number of ether oxygens (including phenoxy) is 2. The standard InChI is InChI=1S/C22H24N4O3/c1-15-2-3-17(7-6-16-4-5-16)10-18(15)23-21(27)19-11-26(25-24-19)12-20-28-13-22(8-9-22)14-29-20/h2-3,10-11,16,20H,4-5,8-9,12-14H2,1H3,(H,23,27). The third kappa shape index (κ3) is 4.34. The highest BCUT2D eigenvalue weighted by Gasteiger charge is 2.47. The van der Waals surface area contributed by atoms with Crippen molar-refractivity contribution in [1.29, 1.82) is 0 Å². The fourth-order valence-electron chi connectivity index (χ4n) is 3.28. The number of carbonyl (C=O) groups excluding carboxylic acids is 1. The highest BCUT2D eigenvalue weighted by Crippen LogP contribution is 2.48. The summed E-state index contributed by atoms with van der Waals surface area (Å²) in [7, 11) is 0. The minimum Gasteiger partial charge on any atom is -0.350 e. The Morgan fingerprint density at radius 3 is 2.83 bits per heavy atom. The van der Waals surface area contributed by atoms with E-state index in [4.69, 9.17) is 9.47 Å². The molecular weight excluding hydrogens is 368 g/mol. The van der Waals surface area contributed by atoms with Crippen LogP contribution in [0, 0.1) is 30.1 Å². The molecule has 5 rings (SSSR count). The van der Waals surface area contributed by atoms with E-state index in [1.807, 2.05) is 25.1 Å². The fraction of sp³-hybridized carbons (Fsp3) is 0.500. The van der Waals surface area contributed by atoms with Crippen LogP contribution in [-0.4, -0.2) is 40.4 Å². The van der Waals surface area contributed by atoms with E-state index in [1.165, 1.54) is 25.7 Å². The van der Waals surface area contributed by atoms with Crippen molar-refractivity contribution >= 4 is 11.6 Å². The van der Waals surface area contributed by atoms with Gasteiger partial charge in [0, 0.05) is 22.6 Å². The summed E-state index contributed by atoms with van der Waals surface area (Å²) in [4.78, 5) is 12.6. The second-order valence-electron chi connectivity index (χ2n) is 8.40. The minimum absolute atomic E-state index is 0.258. The number of aromatic nitrogens is 3. The van der Waals surface area contributed by atoms with E-state index >= 15 is 0 Å². The van der Waals surface area contributed by atoms with Crippen LogP contribution in [0.15, 0.2) is 24.4 Å². The number of amides is 1. The number of hydrogen-bond donors (Lipinski definition) is 1. The lowest BCUT2D eigenvalue weighted by molar-refractivity contribution is -0.213. The third-order valence-electron chi connectivity index (χ3n) is 5.70. The van der Waals surface area contributed by atoms with Gasteiger partial charge >= 0.3 is 0 Å². The summed E-state index contributed by atoms with van der Waals surface area (Å²) < 4.78 is 13.1. The molecule has 1 aromatic heterocycles. The molecule has 150 valence electrons. The molecule has 0 unspecified atom stereocenters. The van der Waals surface area contributed by atoms with E-state index < -0.39 is 0 Å². The third-order valence-corrected chi connectivity index (χ3v) is 5.70. The van der Waals surface area contributed by atoms with Crippen molar-refractivity contribution in [3.63, 3.8) is 0 Å². The summed E-state index contributed by atoms with van der Waals surface area (Å²) in [6.07, 6.45) is 6.02. The predicted octanol–water partition coefficient (Wildman–Crippen LogP) is 2.75. The van der Waals surface area contributed by atoms with Crippen LogP contribution in [0.25, 0.3) is 0 Å². The van der Waals surface area contributed by atoms with Crippen LogP contribution in [0.3, 0.4) is 0 Å². The van der Waals surface area contributed by atoms with Crippen LogP contribution in [0.4, 0.5) is 5.69 Å². The minimum atomic E-state index is -0.345. The van der Waals surface area contributed by atoms with Crippen molar-refractivity contribution in [1.82, 2.24) is 15.0 Å². The molecule has 3 aliphatic rings. The fourth-order valence-corrected chi connectivity index (χ4v) is 3.28. The molecule has 1 amide bonds. The van der Waals surface area contributed by atoms with Crippen LogP contribution in [0.2, 0.25) is 0 Å². The summed E-state index contributed by atoms with van der Waals surface area (Å²) in [5.41, 5.74) is 3.13. The van der Waals surface area contributed by atoms with Crippen molar-refractivity contribution < 1.29 is 14.3 Å². The van der Waals surface area contributed by atoms with Crippen LogP contribution < -0.4 is 5.32 Å². The molecule has 3 fully saturated rings. The molecule has 0 radical (unpaired) electrons. The van der Waals surface area contributed by atoms with Crippen LogP contribution in [0.5, 0.6) is 0 Å². The Bertz CT molecular complexity index is 985. The maximum atomic E-state index is 12.6. The summed E-state index contributed by atoms with van der Waals surface area (Å²) in [6.45, 7) is 3.84. The number of carbonyl (C=O) groups is 1. The number of nitrogens with one attached hydrogen (secondary N) is 1. The first-order valence-electron chi connectivity index (χ1n) is 10.2. The average Bonchev–Trinajstić information content (AvgIpc) is 3.65. The second kappa shape index (κ2) is 7.29. The van der Waals surface area contributed by atoms with Gasteiger partial charge in [0.1, 0.15) is 0 Å². The van der Waals surface area contributed by atoms with E-state index in [2.05, 4.69) is 27.5 Å². The summed E-state index contributed by atoms with van der Waals surface area (Å²) >= 11 is 0. The normalized spacial score (nSPS) is 20.2. The van der Waals surface area contributed by atoms with Gasteiger partial charge in [-0.15, -0.1) is 5.10 Å². The van der Waals surface area contributed by atoms with E-state index in [1.54, 1.807) is 10.9 Å². The summed E-state index contributed by atoms with van der Waals surface area (Å²) in [6, 6.07) is 5.85. The van der Waals surface area contributed by atoms with E-state index in [-0.39, 0.29) is 23.3 Å². The lowest BCUT2D eigenvalue weighted by atomic mass is 10.1. The molecule has 2 aliphatic carbocycles. The number of anilines is 1. The Morgan fingerprint density at radius 2 is 2.10 bits per heavy atom. The van der Waals surface area contributed by atoms with Crippen LogP contribution >= 0.6 is 0 Å². The van der Waals surface area contributed by atoms with Gasteiger partial charge in [0.05, 0.1) is 26.0 Å². The quantitative estimate of drug-likeness (QED) is 0.810. The van der Waals surface area contributed by atoms with Crippen LogP contribution in [0.1, 0.15) is 47.3 Å². The summed E-state index contributed by atoms with van der Waals surface area (Å²) in [5.74, 6) is 6.67. The predicted molar refractivity (Wildman–Crippen MR) is 106 cm³/mol. The molecule has 1 saturated heterocycles. The Kier molecular flexibility index (Phi) is 4.61. The van der Waals surface area contributed by atoms with Gasteiger partial charge in [-0.05, 0) is 50.3 Å². The molecule has 2 heterocycles. The van der Waals surface area contributed by atoms with Gasteiger partial charge in [-0.25, -0.2) is 4.68 Å². The van der Waals surface area contributed by atoms with Gasteiger partial charge in [0.25, 0.3) is 5.91 Å². The van der Waals surface area contributed by atoms with Gasteiger partial charge in [0.2, 0.25) is 0 Å². The van der Waals surface area contributed by atoms with Gasteiger partial charge in [0.15, 0.2) is 12.0 Å². The molecule has 2 saturated carbocycles. The Hall–Kier alpha value is -2.69. The highest BCUT2D eigenvalue weighted by atomic mass is 16.7. The van der Waals surface area contributed by atoms with Gasteiger partial charge in [-0.1, -0.05) is 23.1 Å². The zero-order valence-electron chi connectivity index (χ0n) is 16.5. The molecule has 1 spiro atoms.